The smallest absolute Gasteiger partial charge is 0.123 e. The molecule has 1 saturated heterocycles. The number of piperidine rings is 1. The minimum Gasteiger partial charge on any atom is -0.297 e. The van der Waals surface area contributed by atoms with Gasteiger partial charge in [0.05, 0.1) is 0 Å². The standard InChI is InChI=1S/C15H21FN2/c1-11(2)18-8-7-14(17-3)10-15(18)12-5-4-6-13(16)9-12/h4-6,9,11,15H,7-8,10H2,1-3H3/t15-/m0/s1. The van der Waals surface area contributed by atoms with E-state index in [0.717, 1.165) is 24.9 Å². The average molecular weight is 248 g/mol. The molecular weight excluding hydrogens is 227 g/mol. The van der Waals surface area contributed by atoms with Crippen molar-refractivity contribution in [2.75, 3.05) is 13.6 Å². The first-order valence-corrected chi connectivity index (χ1v) is 6.57. The lowest BCUT2D eigenvalue weighted by atomic mass is 9.92. The highest BCUT2D eigenvalue weighted by Gasteiger charge is 2.28. The summed E-state index contributed by atoms with van der Waals surface area (Å²) in [5, 5.41) is 0. The molecule has 1 aliphatic heterocycles. The predicted molar refractivity (Wildman–Crippen MR) is 73.6 cm³/mol. The van der Waals surface area contributed by atoms with Gasteiger partial charge in [-0.1, -0.05) is 12.1 Å². The van der Waals surface area contributed by atoms with Crippen molar-refractivity contribution in [3.05, 3.63) is 35.6 Å². The first kappa shape index (κ1) is 13.2. The second-order valence-corrected chi connectivity index (χ2v) is 5.15. The van der Waals surface area contributed by atoms with E-state index in [1.54, 1.807) is 12.1 Å². The molecule has 1 aliphatic rings. The number of nitrogens with zero attached hydrogens (tertiary/aromatic N) is 2. The summed E-state index contributed by atoms with van der Waals surface area (Å²) >= 11 is 0. The summed E-state index contributed by atoms with van der Waals surface area (Å²) in [5.41, 5.74) is 2.30. The molecule has 0 amide bonds. The Morgan fingerprint density at radius 1 is 1.39 bits per heavy atom. The van der Waals surface area contributed by atoms with Crippen LogP contribution in [0.5, 0.6) is 0 Å². The minimum absolute atomic E-state index is 0.156. The molecule has 1 fully saturated rings. The van der Waals surface area contributed by atoms with E-state index >= 15 is 0 Å². The maximum absolute atomic E-state index is 13.4. The Labute approximate surface area is 109 Å². The molecule has 18 heavy (non-hydrogen) atoms. The molecule has 0 radical (unpaired) electrons. The Morgan fingerprint density at radius 3 is 2.78 bits per heavy atom. The SMILES string of the molecule is CN=C1CCN(C(C)C)[C@H](c2cccc(F)c2)C1. The van der Waals surface area contributed by atoms with Crippen LogP contribution in [0.15, 0.2) is 29.3 Å². The highest BCUT2D eigenvalue weighted by atomic mass is 19.1. The van der Waals surface area contributed by atoms with E-state index in [9.17, 15) is 4.39 Å². The Balaban J connectivity index is 2.30. The van der Waals surface area contributed by atoms with Crippen LogP contribution in [0.1, 0.15) is 38.3 Å². The third-order valence-electron chi connectivity index (χ3n) is 3.70. The molecule has 0 saturated carbocycles. The molecule has 1 aromatic rings. The zero-order valence-electron chi connectivity index (χ0n) is 11.4. The molecule has 0 unspecified atom stereocenters. The summed E-state index contributed by atoms with van der Waals surface area (Å²) in [6, 6.07) is 7.69. The molecule has 2 nitrogen and oxygen atoms in total. The molecule has 0 N–H and O–H groups in total. The maximum Gasteiger partial charge on any atom is 0.123 e. The van der Waals surface area contributed by atoms with E-state index in [0.29, 0.717) is 6.04 Å². The van der Waals surface area contributed by atoms with Crippen LogP contribution >= 0.6 is 0 Å². The molecule has 0 bridgehead atoms. The van der Waals surface area contributed by atoms with Crippen LogP contribution in [0.2, 0.25) is 0 Å². The Hall–Kier alpha value is -1.22. The molecular formula is C15H21FN2. The lowest BCUT2D eigenvalue weighted by Gasteiger charge is -2.39. The van der Waals surface area contributed by atoms with E-state index in [2.05, 4.69) is 23.7 Å². The van der Waals surface area contributed by atoms with Gasteiger partial charge >= 0.3 is 0 Å². The van der Waals surface area contributed by atoms with Gasteiger partial charge in [-0.05, 0) is 38.0 Å². The van der Waals surface area contributed by atoms with E-state index in [-0.39, 0.29) is 11.9 Å². The molecule has 0 aromatic heterocycles. The van der Waals surface area contributed by atoms with Crippen molar-refractivity contribution in [3.63, 3.8) is 0 Å². The van der Waals surface area contributed by atoms with Crippen molar-refractivity contribution in [2.45, 2.75) is 38.8 Å². The van der Waals surface area contributed by atoms with Gasteiger partial charge in [0.15, 0.2) is 0 Å². The Morgan fingerprint density at radius 2 is 2.17 bits per heavy atom. The predicted octanol–water partition coefficient (Wildman–Crippen LogP) is 3.44. The largest absolute Gasteiger partial charge is 0.297 e. The monoisotopic (exact) mass is 248 g/mol. The number of aliphatic imine (C=N–C) groups is 1. The van der Waals surface area contributed by atoms with E-state index in [4.69, 9.17) is 0 Å². The summed E-state index contributed by atoms with van der Waals surface area (Å²) in [4.78, 5) is 6.77. The topological polar surface area (TPSA) is 15.6 Å². The van der Waals surface area contributed by atoms with E-state index < -0.39 is 0 Å². The molecule has 98 valence electrons. The molecule has 3 heteroatoms. The zero-order chi connectivity index (χ0) is 13.1. The van der Waals surface area contributed by atoms with Gasteiger partial charge in [0.2, 0.25) is 0 Å². The first-order valence-electron chi connectivity index (χ1n) is 6.57. The summed E-state index contributed by atoms with van der Waals surface area (Å²) in [6.45, 7) is 5.40. The lowest BCUT2D eigenvalue weighted by Crippen LogP contribution is -2.41. The van der Waals surface area contributed by atoms with Gasteiger partial charge in [0.25, 0.3) is 0 Å². The van der Waals surface area contributed by atoms with Crippen molar-refractivity contribution in [1.82, 2.24) is 4.90 Å². The van der Waals surface area contributed by atoms with E-state index in [1.165, 1.54) is 11.8 Å². The summed E-state index contributed by atoms with van der Waals surface area (Å²) in [6.07, 6.45) is 1.94. The van der Waals surface area contributed by atoms with Crippen LogP contribution in [0, 0.1) is 5.82 Å². The maximum atomic E-state index is 13.4. The first-order chi connectivity index (χ1) is 8.61. The fraction of sp³-hybridized carbons (Fsp3) is 0.533. The van der Waals surface area contributed by atoms with Gasteiger partial charge in [-0.2, -0.15) is 0 Å². The van der Waals surface area contributed by atoms with Crippen molar-refractivity contribution in [2.24, 2.45) is 4.99 Å². The summed E-state index contributed by atoms with van der Waals surface area (Å²) in [5.74, 6) is -0.156. The third-order valence-corrected chi connectivity index (χ3v) is 3.70. The molecule has 0 aliphatic carbocycles. The van der Waals surface area contributed by atoms with Gasteiger partial charge in [-0.15, -0.1) is 0 Å². The van der Waals surface area contributed by atoms with Gasteiger partial charge < -0.3 is 0 Å². The van der Waals surface area contributed by atoms with Crippen molar-refractivity contribution < 1.29 is 4.39 Å². The molecule has 0 spiro atoms. The minimum atomic E-state index is -0.156. The number of likely N-dealkylation sites (tertiary alicyclic amines) is 1. The van der Waals surface area contributed by atoms with Crippen LogP contribution in [0.25, 0.3) is 0 Å². The fourth-order valence-corrected chi connectivity index (χ4v) is 2.70. The van der Waals surface area contributed by atoms with Gasteiger partial charge in [0.1, 0.15) is 5.82 Å². The molecule has 2 rings (SSSR count). The third kappa shape index (κ3) is 2.78. The van der Waals surface area contributed by atoms with Crippen LogP contribution in [0.4, 0.5) is 4.39 Å². The lowest BCUT2D eigenvalue weighted by molar-refractivity contribution is 0.148. The second-order valence-electron chi connectivity index (χ2n) is 5.15. The Kier molecular flexibility index (Phi) is 4.12. The van der Waals surface area contributed by atoms with Crippen molar-refractivity contribution >= 4 is 5.71 Å². The summed E-state index contributed by atoms with van der Waals surface area (Å²) < 4.78 is 13.4. The number of hydrogen-bond acceptors (Lipinski definition) is 2. The molecule has 1 atom stereocenters. The van der Waals surface area contributed by atoms with Crippen LogP contribution in [0.3, 0.4) is 0 Å². The van der Waals surface area contributed by atoms with Gasteiger partial charge in [-0.3, -0.25) is 9.89 Å². The number of halogens is 1. The van der Waals surface area contributed by atoms with Gasteiger partial charge in [0, 0.05) is 37.8 Å². The average Bonchev–Trinajstić information content (AvgIpc) is 2.38. The molecule has 1 aromatic carbocycles. The highest BCUT2D eigenvalue weighted by Crippen LogP contribution is 2.31. The second kappa shape index (κ2) is 5.61. The quantitative estimate of drug-likeness (QED) is 0.782. The number of benzene rings is 1. The van der Waals surface area contributed by atoms with E-state index in [1.807, 2.05) is 13.1 Å². The molecule has 1 heterocycles. The van der Waals surface area contributed by atoms with Crippen molar-refractivity contribution in [3.8, 4) is 0 Å². The Bertz CT molecular complexity index is 440. The highest BCUT2D eigenvalue weighted by molar-refractivity contribution is 5.86. The van der Waals surface area contributed by atoms with Crippen LogP contribution in [-0.4, -0.2) is 30.2 Å². The van der Waals surface area contributed by atoms with Crippen molar-refractivity contribution in [1.29, 1.82) is 0 Å². The van der Waals surface area contributed by atoms with Crippen LogP contribution in [-0.2, 0) is 0 Å². The number of hydrogen-bond donors (Lipinski definition) is 0. The zero-order valence-corrected chi connectivity index (χ0v) is 11.4. The number of rotatable bonds is 2. The van der Waals surface area contributed by atoms with Crippen LogP contribution < -0.4 is 0 Å². The normalized spacial score (nSPS) is 23.8. The van der Waals surface area contributed by atoms with Gasteiger partial charge in [-0.25, -0.2) is 4.39 Å². The fourth-order valence-electron chi connectivity index (χ4n) is 2.70. The summed E-state index contributed by atoms with van der Waals surface area (Å²) in [7, 11) is 1.85.